The van der Waals surface area contributed by atoms with Crippen LogP contribution in [0.25, 0.3) is 0 Å². The molecule has 2 atom stereocenters. The normalized spacial score (nSPS) is 28.8. The van der Waals surface area contributed by atoms with E-state index in [0.29, 0.717) is 0 Å². The van der Waals surface area contributed by atoms with Crippen LogP contribution in [0.1, 0.15) is 5.56 Å². The number of fused-ring (bicyclic) bond motifs is 1. The molecule has 0 amide bonds. The van der Waals surface area contributed by atoms with Crippen LogP contribution >= 0.6 is 0 Å². The van der Waals surface area contributed by atoms with Crippen molar-refractivity contribution in [1.29, 1.82) is 0 Å². The number of aryl methyl sites for hydroxylation is 1. The average molecular weight is 234 g/mol. The Hall–Kier alpha value is -1.09. The van der Waals surface area contributed by atoms with Crippen LogP contribution in [0.4, 0.5) is 10.1 Å². The summed E-state index contributed by atoms with van der Waals surface area (Å²) in [6.45, 7) is 6.67. The van der Waals surface area contributed by atoms with Crippen LogP contribution in [0.2, 0.25) is 0 Å². The molecule has 17 heavy (non-hydrogen) atoms. The third-order valence-corrected chi connectivity index (χ3v) is 4.17. The maximum atomic E-state index is 13.1. The van der Waals surface area contributed by atoms with Crippen molar-refractivity contribution in [1.82, 2.24) is 4.90 Å². The molecule has 0 aliphatic carbocycles. The third kappa shape index (κ3) is 1.93. The van der Waals surface area contributed by atoms with E-state index in [-0.39, 0.29) is 5.82 Å². The monoisotopic (exact) mass is 234 g/mol. The molecule has 1 aromatic carbocycles. The molecule has 1 aromatic rings. The molecule has 3 heteroatoms. The Bertz CT molecular complexity index is 418. The Morgan fingerprint density at radius 1 is 1.12 bits per heavy atom. The number of likely N-dealkylation sites (tertiary alicyclic amines) is 1. The first-order valence-electron chi connectivity index (χ1n) is 6.33. The van der Waals surface area contributed by atoms with Gasteiger partial charge < -0.3 is 9.80 Å². The van der Waals surface area contributed by atoms with Gasteiger partial charge in [-0.05, 0) is 49.6 Å². The molecule has 3 rings (SSSR count). The zero-order valence-electron chi connectivity index (χ0n) is 10.5. The van der Waals surface area contributed by atoms with Crippen molar-refractivity contribution in [3.05, 3.63) is 29.6 Å². The first-order chi connectivity index (χ1) is 8.13. The van der Waals surface area contributed by atoms with Gasteiger partial charge in [0, 0.05) is 31.9 Å². The van der Waals surface area contributed by atoms with E-state index < -0.39 is 0 Å². The van der Waals surface area contributed by atoms with Crippen LogP contribution in [0.15, 0.2) is 18.2 Å². The Morgan fingerprint density at radius 2 is 1.76 bits per heavy atom. The molecular weight excluding hydrogens is 215 g/mol. The first-order valence-corrected chi connectivity index (χ1v) is 6.33. The quantitative estimate of drug-likeness (QED) is 0.734. The fraction of sp³-hybridized carbons (Fsp3) is 0.571. The molecular formula is C14H19FN2. The molecule has 92 valence electrons. The molecule has 0 radical (unpaired) electrons. The second-order valence-corrected chi connectivity index (χ2v) is 5.58. The summed E-state index contributed by atoms with van der Waals surface area (Å²) in [6, 6.07) is 5.13. The largest absolute Gasteiger partial charge is 0.371 e. The Balaban J connectivity index is 1.79. The van der Waals surface area contributed by atoms with Crippen molar-refractivity contribution in [2.75, 3.05) is 38.1 Å². The van der Waals surface area contributed by atoms with Crippen molar-refractivity contribution in [2.24, 2.45) is 11.8 Å². The number of hydrogen-bond acceptors (Lipinski definition) is 2. The third-order valence-electron chi connectivity index (χ3n) is 4.17. The zero-order chi connectivity index (χ0) is 12.0. The van der Waals surface area contributed by atoms with Gasteiger partial charge in [-0.1, -0.05) is 0 Å². The van der Waals surface area contributed by atoms with Crippen molar-refractivity contribution >= 4 is 5.69 Å². The molecule has 2 unspecified atom stereocenters. The maximum absolute atomic E-state index is 13.1. The zero-order valence-corrected chi connectivity index (χ0v) is 10.5. The van der Waals surface area contributed by atoms with Crippen molar-refractivity contribution in [3.63, 3.8) is 0 Å². The van der Waals surface area contributed by atoms with Crippen molar-refractivity contribution < 1.29 is 4.39 Å². The van der Waals surface area contributed by atoms with E-state index in [9.17, 15) is 4.39 Å². The van der Waals surface area contributed by atoms with Gasteiger partial charge in [-0.15, -0.1) is 0 Å². The van der Waals surface area contributed by atoms with Gasteiger partial charge in [0.2, 0.25) is 0 Å². The van der Waals surface area contributed by atoms with Gasteiger partial charge in [-0.3, -0.25) is 0 Å². The van der Waals surface area contributed by atoms with E-state index in [4.69, 9.17) is 0 Å². The second kappa shape index (κ2) is 3.98. The summed E-state index contributed by atoms with van der Waals surface area (Å²) in [5, 5.41) is 0. The minimum absolute atomic E-state index is 0.134. The van der Waals surface area contributed by atoms with Gasteiger partial charge in [-0.2, -0.15) is 0 Å². The smallest absolute Gasteiger partial charge is 0.123 e. The lowest BCUT2D eigenvalue weighted by atomic mass is 10.0. The number of benzene rings is 1. The first kappa shape index (κ1) is 11.0. The fourth-order valence-electron chi connectivity index (χ4n) is 3.40. The van der Waals surface area contributed by atoms with E-state index in [1.165, 1.54) is 18.8 Å². The van der Waals surface area contributed by atoms with Crippen LogP contribution < -0.4 is 4.90 Å². The van der Waals surface area contributed by atoms with E-state index in [2.05, 4.69) is 16.8 Å². The highest BCUT2D eigenvalue weighted by atomic mass is 19.1. The molecule has 2 aliphatic rings. The number of halogens is 1. The molecule has 2 aliphatic heterocycles. The SMILES string of the molecule is Cc1cc(F)ccc1N1CC2CN(C)CC2C1. The highest BCUT2D eigenvalue weighted by molar-refractivity contribution is 5.54. The average Bonchev–Trinajstić information content (AvgIpc) is 2.74. The summed E-state index contributed by atoms with van der Waals surface area (Å²) in [6.07, 6.45) is 0. The van der Waals surface area contributed by atoms with Gasteiger partial charge in [0.25, 0.3) is 0 Å². The molecule has 2 heterocycles. The fourth-order valence-corrected chi connectivity index (χ4v) is 3.40. The summed E-state index contributed by atoms with van der Waals surface area (Å²) >= 11 is 0. The molecule has 2 saturated heterocycles. The minimum Gasteiger partial charge on any atom is -0.371 e. The van der Waals surface area contributed by atoms with Gasteiger partial charge >= 0.3 is 0 Å². The molecule has 0 N–H and O–H groups in total. The van der Waals surface area contributed by atoms with Gasteiger partial charge in [0.15, 0.2) is 0 Å². The maximum Gasteiger partial charge on any atom is 0.123 e. The van der Waals surface area contributed by atoms with Crippen LogP contribution in [-0.4, -0.2) is 38.1 Å². The lowest BCUT2D eigenvalue weighted by Crippen LogP contribution is -2.27. The second-order valence-electron chi connectivity index (χ2n) is 5.58. The lowest BCUT2D eigenvalue weighted by Gasteiger charge is -2.23. The number of hydrogen-bond donors (Lipinski definition) is 0. The summed E-state index contributed by atoms with van der Waals surface area (Å²) in [4.78, 5) is 4.85. The molecule has 0 saturated carbocycles. The van der Waals surface area contributed by atoms with E-state index in [1.54, 1.807) is 12.1 Å². The summed E-state index contributed by atoms with van der Waals surface area (Å²) in [5.74, 6) is 1.46. The van der Waals surface area contributed by atoms with Crippen LogP contribution in [0, 0.1) is 24.6 Å². The Kier molecular flexibility index (Phi) is 2.58. The van der Waals surface area contributed by atoms with Gasteiger partial charge in [0.1, 0.15) is 5.82 Å². The van der Waals surface area contributed by atoms with E-state index in [1.807, 2.05) is 13.0 Å². The van der Waals surface area contributed by atoms with Crippen LogP contribution in [0.3, 0.4) is 0 Å². The predicted octanol–water partition coefficient (Wildman–Crippen LogP) is 2.13. The topological polar surface area (TPSA) is 6.48 Å². The number of nitrogens with zero attached hydrogens (tertiary/aromatic N) is 2. The van der Waals surface area contributed by atoms with Gasteiger partial charge in [0.05, 0.1) is 0 Å². The summed E-state index contributed by atoms with van der Waals surface area (Å²) in [5.41, 5.74) is 2.27. The highest BCUT2D eigenvalue weighted by Crippen LogP contribution is 2.34. The van der Waals surface area contributed by atoms with Crippen LogP contribution in [0.5, 0.6) is 0 Å². The predicted molar refractivity (Wildman–Crippen MR) is 67.8 cm³/mol. The Labute approximate surface area is 102 Å². The molecule has 0 bridgehead atoms. The summed E-state index contributed by atoms with van der Waals surface area (Å²) in [7, 11) is 2.20. The highest BCUT2D eigenvalue weighted by Gasteiger charge is 2.38. The van der Waals surface area contributed by atoms with E-state index in [0.717, 1.165) is 30.5 Å². The number of rotatable bonds is 1. The summed E-state index contributed by atoms with van der Waals surface area (Å²) < 4.78 is 13.1. The van der Waals surface area contributed by atoms with Crippen LogP contribution in [-0.2, 0) is 0 Å². The van der Waals surface area contributed by atoms with Gasteiger partial charge in [-0.25, -0.2) is 4.39 Å². The number of anilines is 1. The molecule has 0 spiro atoms. The van der Waals surface area contributed by atoms with E-state index >= 15 is 0 Å². The lowest BCUT2D eigenvalue weighted by molar-refractivity contribution is 0.387. The molecule has 0 aromatic heterocycles. The standard InChI is InChI=1S/C14H19FN2/c1-10-5-13(15)3-4-14(10)17-8-11-6-16(2)7-12(11)9-17/h3-5,11-12H,6-9H2,1-2H3. The molecule has 2 fully saturated rings. The minimum atomic E-state index is -0.134. The Morgan fingerprint density at radius 3 is 2.35 bits per heavy atom. The van der Waals surface area contributed by atoms with Crippen molar-refractivity contribution in [2.45, 2.75) is 6.92 Å². The molecule has 2 nitrogen and oxygen atoms in total. The van der Waals surface area contributed by atoms with Crippen molar-refractivity contribution in [3.8, 4) is 0 Å².